The van der Waals surface area contributed by atoms with Crippen LogP contribution in [0.1, 0.15) is 41.4 Å². The zero-order chi connectivity index (χ0) is 18.6. The number of imidazole rings is 1. The van der Waals surface area contributed by atoms with Gasteiger partial charge in [-0.05, 0) is 35.2 Å². The Bertz CT molecular complexity index is 873. The number of H-pyrrole nitrogens is 1. The first-order chi connectivity index (χ1) is 12.6. The van der Waals surface area contributed by atoms with Crippen molar-refractivity contribution in [2.75, 3.05) is 7.05 Å². The standard InChI is InChI=1S/C21H23N3O2/c1-3-11-21(26,19-13-23-14-24-19)18-9-7-15(8-10-18)16-5-4-6-17(12-16)20(25)22-2/h4-10,12-14,26H,3,11H2,1-2H3,(H,22,25)(H,23,24). The summed E-state index contributed by atoms with van der Waals surface area (Å²) >= 11 is 0. The van der Waals surface area contributed by atoms with E-state index in [2.05, 4.69) is 15.3 Å². The average Bonchev–Trinajstić information content (AvgIpc) is 3.23. The Morgan fingerprint density at radius 2 is 1.96 bits per heavy atom. The molecule has 134 valence electrons. The van der Waals surface area contributed by atoms with E-state index in [1.165, 1.54) is 0 Å². The lowest BCUT2D eigenvalue weighted by molar-refractivity contribution is 0.0661. The smallest absolute Gasteiger partial charge is 0.251 e. The summed E-state index contributed by atoms with van der Waals surface area (Å²) in [6, 6.07) is 15.3. The lowest BCUT2D eigenvalue weighted by Gasteiger charge is -2.27. The summed E-state index contributed by atoms with van der Waals surface area (Å²) in [6.45, 7) is 2.04. The molecule has 1 amide bonds. The molecule has 3 N–H and O–H groups in total. The number of aliphatic hydroxyl groups is 1. The summed E-state index contributed by atoms with van der Waals surface area (Å²) in [5.74, 6) is -0.111. The van der Waals surface area contributed by atoms with Crippen LogP contribution in [0.3, 0.4) is 0 Å². The van der Waals surface area contributed by atoms with Crippen molar-refractivity contribution in [1.29, 1.82) is 0 Å². The van der Waals surface area contributed by atoms with E-state index in [9.17, 15) is 9.90 Å². The summed E-state index contributed by atoms with van der Waals surface area (Å²) in [6.07, 6.45) is 4.68. The third-order valence-electron chi connectivity index (χ3n) is 4.60. The van der Waals surface area contributed by atoms with Crippen molar-refractivity contribution in [2.24, 2.45) is 0 Å². The van der Waals surface area contributed by atoms with Gasteiger partial charge in [0.1, 0.15) is 5.60 Å². The number of hydrogen-bond acceptors (Lipinski definition) is 3. The molecule has 26 heavy (non-hydrogen) atoms. The van der Waals surface area contributed by atoms with Gasteiger partial charge in [0, 0.05) is 12.6 Å². The number of hydrogen-bond donors (Lipinski definition) is 3. The van der Waals surface area contributed by atoms with Gasteiger partial charge in [0.2, 0.25) is 0 Å². The number of rotatable bonds is 6. The third-order valence-corrected chi connectivity index (χ3v) is 4.60. The fourth-order valence-corrected chi connectivity index (χ4v) is 3.20. The van der Waals surface area contributed by atoms with E-state index in [4.69, 9.17) is 0 Å². The molecule has 1 atom stereocenters. The maximum absolute atomic E-state index is 11.8. The van der Waals surface area contributed by atoms with Crippen molar-refractivity contribution in [3.8, 4) is 11.1 Å². The molecule has 1 aromatic heterocycles. The van der Waals surface area contributed by atoms with E-state index in [0.717, 1.165) is 23.1 Å². The largest absolute Gasteiger partial charge is 0.379 e. The van der Waals surface area contributed by atoms with E-state index in [1.807, 2.05) is 49.4 Å². The molecule has 2 aromatic carbocycles. The van der Waals surface area contributed by atoms with Crippen molar-refractivity contribution >= 4 is 5.91 Å². The number of benzene rings is 2. The van der Waals surface area contributed by atoms with Crippen LogP contribution in [0, 0.1) is 0 Å². The Hall–Kier alpha value is -2.92. The number of carbonyl (C=O) groups excluding carboxylic acids is 1. The molecule has 0 saturated heterocycles. The maximum Gasteiger partial charge on any atom is 0.251 e. The number of aromatic nitrogens is 2. The second-order valence-corrected chi connectivity index (χ2v) is 6.31. The monoisotopic (exact) mass is 349 g/mol. The van der Waals surface area contributed by atoms with Crippen molar-refractivity contribution in [2.45, 2.75) is 25.4 Å². The van der Waals surface area contributed by atoms with Crippen molar-refractivity contribution in [3.63, 3.8) is 0 Å². The SMILES string of the molecule is CCCC(O)(c1ccc(-c2cccc(C(=O)NC)c2)cc1)c1cnc[nH]1. The first kappa shape index (κ1) is 17.9. The second-order valence-electron chi connectivity index (χ2n) is 6.31. The van der Waals surface area contributed by atoms with Crippen molar-refractivity contribution in [3.05, 3.63) is 77.9 Å². The molecule has 0 saturated carbocycles. The van der Waals surface area contributed by atoms with Crippen LogP contribution in [0.2, 0.25) is 0 Å². The highest BCUT2D eigenvalue weighted by Gasteiger charge is 2.32. The molecule has 0 spiro atoms. The van der Waals surface area contributed by atoms with Crippen LogP contribution in [0.4, 0.5) is 0 Å². The number of nitrogens with one attached hydrogen (secondary N) is 2. The average molecular weight is 349 g/mol. The molecule has 0 aliphatic heterocycles. The second kappa shape index (κ2) is 7.54. The molecular formula is C21H23N3O2. The number of carbonyl (C=O) groups is 1. The zero-order valence-corrected chi connectivity index (χ0v) is 15.0. The summed E-state index contributed by atoms with van der Waals surface area (Å²) in [5.41, 5.74) is 2.98. The van der Waals surface area contributed by atoms with Gasteiger partial charge in [-0.1, -0.05) is 49.7 Å². The molecule has 0 aliphatic rings. The Morgan fingerprint density at radius 3 is 2.58 bits per heavy atom. The minimum atomic E-state index is -1.09. The minimum absolute atomic E-state index is 0.111. The first-order valence-corrected chi connectivity index (χ1v) is 8.72. The van der Waals surface area contributed by atoms with Gasteiger partial charge in [0.25, 0.3) is 5.91 Å². The lowest BCUT2D eigenvalue weighted by Crippen LogP contribution is -2.27. The highest BCUT2D eigenvalue weighted by Crippen LogP contribution is 2.34. The molecule has 0 aliphatic carbocycles. The van der Waals surface area contributed by atoms with Gasteiger partial charge in [0.15, 0.2) is 0 Å². The van der Waals surface area contributed by atoms with Gasteiger partial charge in [-0.2, -0.15) is 0 Å². The molecule has 0 radical (unpaired) electrons. The molecule has 5 nitrogen and oxygen atoms in total. The number of aromatic amines is 1. The van der Waals surface area contributed by atoms with Gasteiger partial charge >= 0.3 is 0 Å². The molecule has 5 heteroatoms. The maximum atomic E-state index is 11.8. The van der Waals surface area contributed by atoms with Crippen LogP contribution in [-0.2, 0) is 5.60 Å². The lowest BCUT2D eigenvalue weighted by atomic mass is 9.85. The zero-order valence-electron chi connectivity index (χ0n) is 15.0. The highest BCUT2D eigenvalue weighted by atomic mass is 16.3. The van der Waals surface area contributed by atoms with Gasteiger partial charge in [0.05, 0.1) is 18.2 Å². The molecular weight excluding hydrogens is 326 g/mol. The fourth-order valence-electron chi connectivity index (χ4n) is 3.20. The van der Waals surface area contributed by atoms with Crippen LogP contribution in [0.25, 0.3) is 11.1 Å². The van der Waals surface area contributed by atoms with Gasteiger partial charge in [-0.25, -0.2) is 4.98 Å². The molecule has 0 fully saturated rings. The molecule has 1 unspecified atom stereocenters. The molecule has 0 bridgehead atoms. The summed E-state index contributed by atoms with van der Waals surface area (Å²) in [7, 11) is 1.62. The van der Waals surface area contributed by atoms with Crippen molar-refractivity contribution < 1.29 is 9.90 Å². The Kier molecular flexibility index (Phi) is 5.19. The van der Waals surface area contributed by atoms with E-state index >= 15 is 0 Å². The Balaban J connectivity index is 1.94. The van der Waals surface area contributed by atoms with Crippen LogP contribution >= 0.6 is 0 Å². The highest BCUT2D eigenvalue weighted by molar-refractivity contribution is 5.95. The van der Waals surface area contributed by atoms with Gasteiger partial charge < -0.3 is 15.4 Å². The normalized spacial score (nSPS) is 13.2. The summed E-state index contributed by atoms with van der Waals surface area (Å²) < 4.78 is 0. The van der Waals surface area contributed by atoms with E-state index in [1.54, 1.807) is 25.6 Å². The van der Waals surface area contributed by atoms with Crippen LogP contribution in [0.5, 0.6) is 0 Å². The molecule has 3 rings (SSSR count). The van der Waals surface area contributed by atoms with E-state index in [0.29, 0.717) is 17.7 Å². The first-order valence-electron chi connectivity index (χ1n) is 8.72. The number of nitrogens with zero attached hydrogens (tertiary/aromatic N) is 1. The predicted octanol–water partition coefficient (Wildman–Crippen LogP) is 3.47. The molecule has 1 heterocycles. The quantitative estimate of drug-likeness (QED) is 0.638. The van der Waals surface area contributed by atoms with E-state index in [-0.39, 0.29) is 5.91 Å². The number of amides is 1. The van der Waals surface area contributed by atoms with Crippen molar-refractivity contribution in [1.82, 2.24) is 15.3 Å². The Morgan fingerprint density at radius 1 is 1.19 bits per heavy atom. The topological polar surface area (TPSA) is 78.0 Å². The van der Waals surface area contributed by atoms with Crippen LogP contribution in [-0.4, -0.2) is 28.0 Å². The van der Waals surface area contributed by atoms with E-state index < -0.39 is 5.60 Å². The Labute approximate surface area is 153 Å². The van der Waals surface area contributed by atoms with Crippen LogP contribution in [0.15, 0.2) is 61.1 Å². The summed E-state index contributed by atoms with van der Waals surface area (Å²) in [5, 5.41) is 13.9. The minimum Gasteiger partial charge on any atom is -0.379 e. The fraction of sp³-hybridized carbons (Fsp3) is 0.238. The molecule has 3 aromatic rings. The van der Waals surface area contributed by atoms with Gasteiger partial charge in [-0.15, -0.1) is 0 Å². The predicted molar refractivity (Wildman–Crippen MR) is 102 cm³/mol. The third kappa shape index (κ3) is 3.39. The summed E-state index contributed by atoms with van der Waals surface area (Å²) in [4.78, 5) is 18.9. The van der Waals surface area contributed by atoms with Gasteiger partial charge in [-0.3, -0.25) is 4.79 Å². The van der Waals surface area contributed by atoms with Crippen LogP contribution < -0.4 is 5.32 Å².